The Morgan fingerprint density at radius 3 is 2.95 bits per heavy atom. The molecular formula is C14H15N5O3. The third-order valence-electron chi connectivity index (χ3n) is 3.25. The lowest BCUT2D eigenvalue weighted by Crippen LogP contribution is -2.42. The Morgan fingerprint density at radius 2 is 2.23 bits per heavy atom. The molecule has 1 aliphatic rings. The van der Waals surface area contributed by atoms with Crippen molar-refractivity contribution in [2.45, 2.75) is 19.4 Å². The van der Waals surface area contributed by atoms with Crippen LogP contribution in [0, 0.1) is 0 Å². The normalized spacial score (nSPS) is 16.6. The summed E-state index contributed by atoms with van der Waals surface area (Å²) >= 11 is 0. The van der Waals surface area contributed by atoms with Gasteiger partial charge in [-0.25, -0.2) is 4.57 Å². The van der Waals surface area contributed by atoms with Crippen molar-refractivity contribution in [2.75, 3.05) is 17.2 Å². The van der Waals surface area contributed by atoms with Gasteiger partial charge in [0.2, 0.25) is 17.8 Å². The van der Waals surface area contributed by atoms with E-state index in [2.05, 4.69) is 20.8 Å². The zero-order valence-electron chi connectivity index (χ0n) is 11.9. The van der Waals surface area contributed by atoms with E-state index in [-0.39, 0.29) is 24.2 Å². The van der Waals surface area contributed by atoms with Crippen LogP contribution in [0.3, 0.4) is 0 Å². The van der Waals surface area contributed by atoms with E-state index in [1.165, 1.54) is 10.9 Å². The van der Waals surface area contributed by atoms with Crippen LogP contribution in [0.5, 0.6) is 5.75 Å². The molecule has 0 aliphatic carbocycles. The lowest BCUT2D eigenvalue weighted by atomic mass is 10.1. The third kappa shape index (κ3) is 2.76. The summed E-state index contributed by atoms with van der Waals surface area (Å²) < 4.78 is 6.63. The maximum absolute atomic E-state index is 12.2. The predicted molar refractivity (Wildman–Crippen MR) is 78.9 cm³/mol. The van der Waals surface area contributed by atoms with Crippen LogP contribution >= 0.6 is 0 Å². The number of amides is 1. The molecule has 1 aromatic heterocycles. The van der Waals surface area contributed by atoms with E-state index in [9.17, 15) is 9.59 Å². The standard InChI is InChI=1S/C14H15N5O3/c1-2-22-10-5-3-9(4-6-10)16-13(21)11-7-12(20)19-8-15-18-14(19)17-11/h3-6,8,11H,2,7H2,1H3,(H,16,21)(H,17,18). The highest BCUT2D eigenvalue weighted by Crippen LogP contribution is 2.18. The van der Waals surface area contributed by atoms with Crippen molar-refractivity contribution in [3.8, 4) is 5.75 Å². The van der Waals surface area contributed by atoms with Gasteiger partial charge in [-0.1, -0.05) is 0 Å². The summed E-state index contributed by atoms with van der Waals surface area (Å²) in [5.74, 6) is 0.500. The summed E-state index contributed by atoms with van der Waals surface area (Å²) in [6, 6.07) is 6.37. The van der Waals surface area contributed by atoms with Gasteiger partial charge in [-0.15, -0.1) is 10.2 Å². The number of carbonyl (C=O) groups is 2. The van der Waals surface area contributed by atoms with Gasteiger partial charge in [0.05, 0.1) is 13.0 Å². The molecule has 0 fully saturated rings. The van der Waals surface area contributed by atoms with Gasteiger partial charge in [-0.2, -0.15) is 0 Å². The highest BCUT2D eigenvalue weighted by molar-refractivity contribution is 6.01. The molecule has 0 radical (unpaired) electrons. The van der Waals surface area contributed by atoms with Crippen molar-refractivity contribution in [3.63, 3.8) is 0 Å². The molecule has 8 heteroatoms. The van der Waals surface area contributed by atoms with Crippen molar-refractivity contribution in [3.05, 3.63) is 30.6 Å². The molecule has 3 rings (SSSR count). The first-order valence-corrected chi connectivity index (χ1v) is 6.91. The van der Waals surface area contributed by atoms with Crippen LogP contribution in [-0.4, -0.2) is 39.2 Å². The molecule has 0 spiro atoms. The van der Waals surface area contributed by atoms with Gasteiger partial charge in [0, 0.05) is 5.69 Å². The molecule has 2 aromatic rings. The molecule has 1 unspecified atom stereocenters. The number of nitrogens with one attached hydrogen (secondary N) is 2. The molecule has 1 atom stereocenters. The van der Waals surface area contributed by atoms with Gasteiger partial charge in [0.25, 0.3) is 0 Å². The lowest BCUT2D eigenvalue weighted by Gasteiger charge is -2.22. The van der Waals surface area contributed by atoms with Gasteiger partial charge >= 0.3 is 0 Å². The Balaban J connectivity index is 1.66. The summed E-state index contributed by atoms with van der Waals surface area (Å²) in [4.78, 5) is 24.1. The Bertz CT molecular complexity index is 695. The summed E-state index contributed by atoms with van der Waals surface area (Å²) in [7, 11) is 0. The Labute approximate surface area is 126 Å². The largest absolute Gasteiger partial charge is 0.494 e. The molecule has 1 aromatic carbocycles. The average Bonchev–Trinajstić information content (AvgIpc) is 2.98. The summed E-state index contributed by atoms with van der Waals surface area (Å²) in [5.41, 5.74) is 0.634. The van der Waals surface area contributed by atoms with Crippen LogP contribution in [0.1, 0.15) is 18.1 Å². The maximum Gasteiger partial charge on any atom is 0.247 e. The minimum Gasteiger partial charge on any atom is -0.494 e. The number of rotatable bonds is 4. The van der Waals surface area contributed by atoms with Crippen LogP contribution < -0.4 is 15.4 Å². The fraction of sp³-hybridized carbons (Fsp3) is 0.286. The maximum atomic E-state index is 12.2. The predicted octanol–water partition coefficient (Wildman–Crippen LogP) is 1.14. The lowest BCUT2D eigenvalue weighted by molar-refractivity contribution is -0.117. The zero-order valence-corrected chi connectivity index (χ0v) is 11.9. The van der Waals surface area contributed by atoms with Crippen molar-refractivity contribution in [1.29, 1.82) is 0 Å². The van der Waals surface area contributed by atoms with E-state index < -0.39 is 6.04 Å². The second-order valence-corrected chi connectivity index (χ2v) is 4.77. The number of nitrogens with zero attached hydrogens (tertiary/aromatic N) is 3. The van der Waals surface area contributed by atoms with Crippen LogP contribution in [0.15, 0.2) is 30.6 Å². The van der Waals surface area contributed by atoms with Crippen LogP contribution in [0.4, 0.5) is 11.6 Å². The summed E-state index contributed by atoms with van der Waals surface area (Å²) in [6.07, 6.45) is 1.37. The van der Waals surface area contributed by atoms with Crippen molar-refractivity contribution in [1.82, 2.24) is 14.8 Å². The quantitative estimate of drug-likeness (QED) is 0.878. The number of anilines is 2. The minimum atomic E-state index is -0.671. The Hall–Kier alpha value is -2.90. The molecule has 2 N–H and O–H groups in total. The highest BCUT2D eigenvalue weighted by Gasteiger charge is 2.30. The summed E-state index contributed by atoms with van der Waals surface area (Å²) in [6.45, 7) is 2.49. The van der Waals surface area contributed by atoms with Crippen LogP contribution in [-0.2, 0) is 4.79 Å². The monoisotopic (exact) mass is 301 g/mol. The van der Waals surface area contributed by atoms with E-state index in [1.54, 1.807) is 24.3 Å². The Morgan fingerprint density at radius 1 is 1.45 bits per heavy atom. The SMILES string of the molecule is CCOc1ccc(NC(=O)C2CC(=O)n3cnnc3N2)cc1. The van der Waals surface area contributed by atoms with E-state index in [0.29, 0.717) is 12.3 Å². The highest BCUT2D eigenvalue weighted by atomic mass is 16.5. The molecule has 1 amide bonds. The van der Waals surface area contributed by atoms with Gasteiger partial charge in [0.1, 0.15) is 18.1 Å². The molecule has 0 bridgehead atoms. The van der Waals surface area contributed by atoms with Crippen molar-refractivity contribution in [2.24, 2.45) is 0 Å². The van der Waals surface area contributed by atoms with E-state index in [1.807, 2.05) is 6.92 Å². The summed E-state index contributed by atoms with van der Waals surface area (Å²) in [5, 5.41) is 13.1. The molecule has 0 saturated carbocycles. The number of carbonyl (C=O) groups excluding carboxylic acids is 2. The first-order chi connectivity index (χ1) is 10.7. The van der Waals surface area contributed by atoms with Crippen molar-refractivity contribution < 1.29 is 14.3 Å². The second kappa shape index (κ2) is 5.84. The second-order valence-electron chi connectivity index (χ2n) is 4.77. The first-order valence-electron chi connectivity index (χ1n) is 6.91. The fourth-order valence-corrected chi connectivity index (χ4v) is 2.18. The molecule has 114 valence electrons. The van der Waals surface area contributed by atoms with E-state index in [0.717, 1.165) is 5.75 Å². The third-order valence-corrected chi connectivity index (χ3v) is 3.25. The minimum absolute atomic E-state index is 0.0495. The average molecular weight is 301 g/mol. The van der Waals surface area contributed by atoms with Crippen molar-refractivity contribution >= 4 is 23.5 Å². The molecule has 22 heavy (non-hydrogen) atoms. The number of ether oxygens (including phenoxy) is 1. The smallest absolute Gasteiger partial charge is 0.247 e. The fourth-order valence-electron chi connectivity index (χ4n) is 2.18. The molecule has 8 nitrogen and oxygen atoms in total. The zero-order chi connectivity index (χ0) is 15.5. The first kappa shape index (κ1) is 14.1. The van der Waals surface area contributed by atoms with Gasteiger partial charge < -0.3 is 15.4 Å². The van der Waals surface area contributed by atoms with E-state index in [4.69, 9.17) is 4.74 Å². The topological polar surface area (TPSA) is 98.1 Å². The molecule has 2 heterocycles. The van der Waals surface area contributed by atoms with Gasteiger partial charge in [-0.3, -0.25) is 9.59 Å². The number of benzene rings is 1. The number of aromatic nitrogens is 3. The van der Waals surface area contributed by atoms with Crippen LogP contribution in [0.25, 0.3) is 0 Å². The van der Waals surface area contributed by atoms with E-state index >= 15 is 0 Å². The number of fused-ring (bicyclic) bond motifs is 1. The molecule has 1 aliphatic heterocycles. The molecular weight excluding hydrogens is 286 g/mol. The number of hydrogen-bond donors (Lipinski definition) is 2. The van der Waals surface area contributed by atoms with Gasteiger partial charge in [-0.05, 0) is 31.2 Å². The number of hydrogen-bond acceptors (Lipinski definition) is 6. The molecule has 0 saturated heterocycles. The van der Waals surface area contributed by atoms with Gasteiger partial charge in [0.15, 0.2) is 0 Å². The Kier molecular flexibility index (Phi) is 3.73. The van der Waals surface area contributed by atoms with Crippen LogP contribution in [0.2, 0.25) is 0 Å².